The van der Waals surface area contributed by atoms with Crippen molar-refractivity contribution in [2.45, 2.75) is 19.4 Å². The summed E-state index contributed by atoms with van der Waals surface area (Å²) in [6, 6.07) is 3.61. The van der Waals surface area contributed by atoms with Crippen LogP contribution in [0, 0.1) is 0 Å². The zero-order valence-corrected chi connectivity index (χ0v) is 10.2. The molecule has 1 unspecified atom stereocenters. The smallest absolute Gasteiger partial charge is 0.261 e. The second-order valence-corrected chi connectivity index (χ2v) is 5.46. The van der Waals surface area contributed by atoms with Crippen molar-refractivity contribution in [1.82, 2.24) is 5.32 Å². The van der Waals surface area contributed by atoms with Crippen LogP contribution in [0.5, 0.6) is 0 Å². The molecule has 0 aliphatic carbocycles. The summed E-state index contributed by atoms with van der Waals surface area (Å²) in [6.45, 7) is 2.21. The van der Waals surface area contributed by atoms with Gasteiger partial charge in [0.1, 0.15) is 0 Å². The lowest BCUT2D eigenvalue weighted by Crippen LogP contribution is -2.25. The first-order chi connectivity index (χ1) is 6.59. The van der Waals surface area contributed by atoms with Crippen LogP contribution in [-0.4, -0.2) is 23.7 Å². The number of rotatable bonds is 4. The quantitative estimate of drug-likeness (QED) is 0.885. The van der Waals surface area contributed by atoms with Gasteiger partial charge in [-0.1, -0.05) is 0 Å². The number of aliphatic hydroxyl groups excluding tert-OH is 1. The van der Waals surface area contributed by atoms with Gasteiger partial charge in [0.05, 0.1) is 14.8 Å². The van der Waals surface area contributed by atoms with Crippen molar-refractivity contribution < 1.29 is 9.90 Å². The van der Waals surface area contributed by atoms with Gasteiger partial charge < -0.3 is 10.4 Å². The Hall–Kier alpha value is -0.390. The Morgan fingerprint density at radius 1 is 1.71 bits per heavy atom. The van der Waals surface area contributed by atoms with Gasteiger partial charge in [0.25, 0.3) is 5.91 Å². The molecule has 1 aromatic heterocycles. The van der Waals surface area contributed by atoms with E-state index in [0.29, 0.717) is 17.8 Å². The third-order valence-corrected chi connectivity index (χ3v) is 3.27. The van der Waals surface area contributed by atoms with Gasteiger partial charge in [-0.2, -0.15) is 0 Å². The Kier molecular flexibility index (Phi) is 4.57. The topological polar surface area (TPSA) is 49.3 Å². The molecule has 0 fully saturated rings. The van der Waals surface area contributed by atoms with Gasteiger partial charge in [0.2, 0.25) is 0 Å². The number of thiophene rings is 1. The minimum Gasteiger partial charge on any atom is -0.393 e. The summed E-state index contributed by atoms with van der Waals surface area (Å²) in [6.07, 6.45) is 0.212. The largest absolute Gasteiger partial charge is 0.393 e. The average molecular weight is 278 g/mol. The van der Waals surface area contributed by atoms with Crippen molar-refractivity contribution >= 4 is 33.2 Å². The fraction of sp³-hybridized carbons (Fsp3) is 0.444. The Morgan fingerprint density at radius 3 is 2.93 bits per heavy atom. The zero-order chi connectivity index (χ0) is 10.6. The lowest BCUT2D eigenvalue weighted by Gasteiger charge is -2.04. The zero-order valence-electron chi connectivity index (χ0n) is 7.79. The van der Waals surface area contributed by atoms with E-state index >= 15 is 0 Å². The van der Waals surface area contributed by atoms with Crippen LogP contribution < -0.4 is 5.32 Å². The highest BCUT2D eigenvalue weighted by Crippen LogP contribution is 2.21. The molecule has 1 aromatic rings. The van der Waals surface area contributed by atoms with Crippen LogP contribution in [0.1, 0.15) is 23.0 Å². The molecule has 0 saturated heterocycles. The van der Waals surface area contributed by atoms with Crippen LogP contribution >= 0.6 is 27.3 Å². The molecule has 3 nitrogen and oxygen atoms in total. The summed E-state index contributed by atoms with van der Waals surface area (Å²) in [4.78, 5) is 12.1. The molecule has 0 saturated carbocycles. The minimum absolute atomic E-state index is 0.0821. The maximum atomic E-state index is 11.4. The van der Waals surface area contributed by atoms with E-state index in [1.807, 2.05) is 6.07 Å². The number of aliphatic hydroxyl groups is 1. The third kappa shape index (κ3) is 3.77. The molecule has 0 aliphatic rings. The molecule has 1 heterocycles. The Labute approximate surface area is 95.3 Å². The average Bonchev–Trinajstić information content (AvgIpc) is 2.51. The van der Waals surface area contributed by atoms with Gasteiger partial charge in [-0.25, -0.2) is 0 Å². The first kappa shape index (κ1) is 11.7. The van der Waals surface area contributed by atoms with E-state index < -0.39 is 0 Å². The Bertz CT molecular complexity index is 312. The fourth-order valence-corrected chi connectivity index (χ4v) is 2.22. The van der Waals surface area contributed by atoms with Crippen LogP contribution in [0.4, 0.5) is 0 Å². The molecule has 78 valence electrons. The monoisotopic (exact) mass is 277 g/mol. The van der Waals surface area contributed by atoms with Crippen LogP contribution in [0.3, 0.4) is 0 Å². The van der Waals surface area contributed by atoms with Crippen molar-refractivity contribution in [3.05, 3.63) is 20.8 Å². The molecule has 0 bridgehead atoms. The maximum absolute atomic E-state index is 11.4. The van der Waals surface area contributed by atoms with E-state index in [-0.39, 0.29) is 12.0 Å². The van der Waals surface area contributed by atoms with Crippen molar-refractivity contribution in [3.8, 4) is 0 Å². The highest BCUT2D eigenvalue weighted by molar-refractivity contribution is 9.11. The van der Waals surface area contributed by atoms with Crippen LogP contribution in [-0.2, 0) is 0 Å². The molecule has 14 heavy (non-hydrogen) atoms. The Balaban J connectivity index is 2.36. The lowest BCUT2D eigenvalue weighted by molar-refractivity contribution is 0.0949. The number of hydrogen-bond donors (Lipinski definition) is 2. The predicted molar refractivity (Wildman–Crippen MR) is 60.7 cm³/mol. The van der Waals surface area contributed by atoms with Crippen LogP contribution in [0.25, 0.3) is 0 Å². The van der Waals surface area contributed by atoms with E-state index in [0.717, 1.165) is 3.79 Å². The number of carbonyl (C=O) groups is 1. The van der Waals surface area contributed by atoms with E-state index in [2.05, 4.69) is 21.2 Å². The normalized spacial score (nSPS) is 12.5. The number of amides is 1. The molecular weight excluding hydrogens is 266 g/mol. The molecule has 0 radical (unpaired) electrons. The summed E-state index contributed by atoms with van der Waals surface area (Å²) < 4.78 is 0.943. The molecule has 1 atom stereocenters. The van der Waals surface area contributed by atoms with Crippen molar-refractivity contribution in [2.24, 2.45) is 0 Å². The molecule has 0 aromatic carbocycles. The van der Waals surface area contributed by atoms with E-state index in [1.165, 1.54) is 11.3 Å². The first-order valence-corrected chi connectivity index (χ1v) is 5.92. The molecule has 0 spiro atoms. The Morgan fingerprint density at radius 2 is 2.43 bits per heavy atom. The minimum atomic E-state index is -0.370. The van der Waals surface area contributed by atoms with Crippen molar-refractivity contribution in [2.75, 3.05) is 6.54 Å². The number of halogens is 1. The molecule has 0 aliphatic heterocycles. The van der Waals surface area contributed by atoms with E-state index in [1.54, 1.807) is 13.0 Å². The highest BCUT2D eigenvalue weighted by atomic mass is 79.9. The van der Waals surface area contributed by atoms with Gasteiger partial charge in [0.15, 0.2) is 0 Å². The maximum Gasteiger partial charge on any atom is 0.261 e. The van der Waals surface area contributed by atoms with Crippen molar-refractivity contribution in [3.63, 3.8) is 0 Å². The van der Waals surface area contributed by atoms with Gasteiger partial charge in [-0.15, -0.1) is 11.3 Å². The molecular formula is C9H12BrNO2S. The summed E-state index contributed by atoms with van der Waals surface area (Å²) in [7, 11) is 0. The molecule has 1 amide bonds. The predicted octanol–water partition coefficient (Wildman–Crippen LogP) is 2.01. The molecule has 1 rings (SSSR count). The van der Waals surface area contributed by atoms with Gasteiger partial charge >= 0.3 is 0 Å². The second-order valence-electron chi connectivity index (χ2n) is 3.00. The SMILES string of the molecule is CC(O)CCNC(=O)c1ccc(Br)s1. The van der Waals surface area contributed by atoms with Crippen LogP contribution in [0.2, 0.25) is 0 Å². The number of nitrogens with one attached hydrogen (secondary N) is 1. The summed E-state index contributed by atoms with van der Waals surface area (Å²) in [5, 5.41) is 11.7. The summed E-state index contributed by atoms with van der Waals surface area (Å²) in [5.74, 6) is -0.0821. The van der Waals surface area contributed by atoms with Crippen LogP contribution in [0.15, 0.2) is 15.9 Å². The number of hydrogen-bond acceptors (Lipinski definition) is 3. The fourth-order valence-electron chi connectivity index (χ4n) is 0.918. The highest BCUT2D eigenvalue weighted by Gasteiger charge is 2.07. The first-order valence-electron chi connectivity index (χ1n) is 4.31. The van der Waals surface area contributed by atoms with E-state index in [9.17, 15) is 4.79 Å². The summed E-state index contributed by atoms with van der Waals surface area (Å²) in [5.41, 5.74) is 0. The van der Waals surface area contributed by atoms with Gasteiger partial charge in [-0.3, -0.25) is 4.79 Å². The number of carbonyl (C=O) groups excluding carboxylic acids is 1. The standard InChI is InChI=1S/C9H12BrNO2S/c1-6(12)4-5-11-9(13)7-2-3-8(10)14-7/h2-3,6,12H,4-5H2,1H3,(H,11,13). The second kappa shape index (κ2) is 5.48. The van der Waals surface area contributed by atoms with Gasteiger partial charge in [-0.05, 0) is 41.4 Å². The van der Waals surface area contributed by atoms with Gasteiger partial charge in [0, 0.05) is 6.54 Å². The van der Waals surface area contributed by atoms with E-state index in [4.69, 9.17) is 5.11 Å². The molecule has 5 heteroatoms. The van der Waals surface area contributed by atoms with Crippen molar-refractivity contribution in [1.29, 1.82) is 0 Å². The summed E-state index contributed by atoms with van der Waals surface area (Å²) >= 11 is 4.69. The molecule has 2 N–H and O–H groups in total. The third-order valence-electron chi connectivity index (χ3n) is 1.64. The lowest BCUT2D eigenvalue weighted by atomic mass is 10.3.